The minimum absolute atomic E-state index is 0.00336. The van der Waals surface area contributed by atoms with Crippen molar-refractivity contribution >= 4 is 11.9 Å². The minimum atomic E-state index is -1.85. The first kappa shape index (κ1) is 16.2. The maximum atomic E-state index is 12.3. The molecule has 3 fully saturated rings. The number of hydrogen-bond acceptors (Lipinski definition) is 6. The fourth-order valence-electron chi connectivity index (χ4n) is 4.24. The lowest BCUT2D eigenvalue weighted by molar-refractivity contribution is -0.166. The van der Waals surface area contributed by atoms with E-state index in [0.717, 1.165) is 5.57 Å². The third-order valence-electron chi connectivity index (χ3n) is 5.52. The second-order valence-corrected chi connectivity index (χ2v) is 6.84. The molecular formula is C17H22O6. The van der Waals surface area contributed by atoms with Gasteiger partial charge in [-0.2, -0.15) is 0 Å². The number of hydrogen-bond donors (Lipinski definition) is 2. The summed E-state index contributed by atoms with van der Waals surface area (Å²) in [6.45, 7) is 8.86. The van der Waals surface area contributed by atoms with Gasteiger partial charge in [0.15, 0.2) is 0 Å². The molecule has 6 heteroatoms. The first-order valence-corrected chi connectivity index (χ1v) is 7.87. The lowest BCUT2D eigenvalue weighted by Crippen LogP contribution is -2.47. The highest BCUT2D eigenvalue weighted by Crippen LogP contribution is 2.53. The summed E-state index contributed by atoms with van der Waals surface area (Å²) >= 11 is 0. The van der Waals surface area contributed by atoms with Crippen LogP contribution in [0.25, 0.3) is 0 Å². The second-order valence-electron chi connectivity index (χ2n) is 6.84. The third kappa shape index (κ3) is 2.40. The number of esters is 2. The van der Waals surface area contributed by atoms with Gasteiger partial charge in [0.2, 0.25) is 5.60 Å². The highest BCUT2D eigenvalue weighted by atomic mass is 16.6. The van der Waals surface area contributed by atoms with E-state index in [0.29, 0.717) is 24.8 Å². The van der Waals surface area contributed by atoms with E-state index in [2.05, 4.69) is 13.2 Å². The molecule has 1 heterocycles. The molecule has 2 N–H and O–H groups in total. The van der Waals surface area contributed by atoms with Gasteiger partial charge in [0.05, 0.1) is 6.10 Å². The molecular weight excluding hydrogens is 300 g/mol. The predicted octanol–water partition coefficient (Wildman–Crippen LogP) is 0.725. The maximum Gasteiger partial charge on any atom is 0.342 e. The molecule has 0 aromatic carbocycles. The fraction of sp³-hybridized carbons (Fsp3) is 0.647. The Morgan fingerprint density at radius 1 is 1.48 bits per heavy atom. The molecule has 23 heavy (non-hydrogen) atoms. The van der Waals surface area contributed by atoms with Crippen LogP contribution in [0.3, 0.4) is 0 Å². The summed E-state index contributed by atoms with van der Waals surface area (Å²) in [6.07, 6.45) is 0.439. The number of ether oxygens (including phenoxy) is 2. The molecule has 2 aliphatic carbocycles. The lowest BCUT2D eigenvalue weighted by atomic mass is 9.78. The van der Waals surface area contributed by atoms with E-state index >= 15 is 0 Å². The molecule has 0 radical (unpaired) electrons. The minimum Gasteiger partial charge on any atom is -0.462 e. The molecule has 0 bridgehead atoms. The van der Waals surface area contributed by atoms with E-state index in [9.17, 15) is 19.8 Å². The smallest absolute Gasteiger partial charge is 0.342 e. The van der Waals surface area contributed by atoms with E-state index in [1.807, 2.05) is 0 Å². The number of aliphatic hydroxyl groups excluding tert-OH is 1. The number of allylic oxidation sites excluding steroid dienone is 1. The van der Waals surface area contributed by atoms with Gasteiger partial charge < -0.3 is 19.7 Å². The second kappa shape index (κ2) is 5.46. The average molecular weight is 322 g/mol. The van der Waals surface area contributed by atoms with Crippen LogP contribution in [0.2, 0.25) is 0 Å². The van der Waals surface area contributed by atoms with Crippen molar-refractivity contribution in [2.24, 2.45) is 17.8 Å². The monoisotopic (exact) mass is 322 g/mol. The molecule has 126 valence electrons. The van der Waals surface area contributed by atoms with Crippen molar-refractivity contribution in [1.29, 1.82) is 0 Å². The van der Waals surface area contributed by atoms with Crippen molar-refractivity contribution in [2.75, 3.05) is 6.61 Å². The standard InChI is InChI=1S/C17H22O6/c1-8-4-5-12-15(14-9(2)13(19)6-11(8)14)23-16(20)17(12,21)7-22-10(3)18/h11-15,19,21H,1-2,4-7H2,3H3. The van der Waals surface area contributed by atoms with Gasteiger partial charge in [-0.3, -0.25) is 4.79 Å². The van der Waals surface area contributed by atoms with Crippen molar-refractivity contribution in [3.05, 3.63) is 24.3 Å². The zero-order valence-corrected chi connectivity index (χ0v) is 13.2. The summed E-state index contributed by atoms with van der Waals surface area (Å²) in [6, 6.07) is 0. The largest absolute Gasteiger partial charge is 0.462 e. The SMILES string of the molecule is C=C1CCC2C(OC(=O)C2(O)COC(C)=O)C2C(=C)C(O)CC12. The Morgan fingerprint density at radius 2 is 2.17 bits per heavy atom. The Labute approximate surface area is 134 Å². The van der Waals surface area contributed by atoms with E-state index in [1.165, 1.54) is 6.92 Å². The van der Waals surface area contributed by atoms with Crippen LogP contribution in [0, 0.1) is 17.8 Å². The van der Waals surface area contributed by atoms with Crippen LogP contribution in [-0.2, 0) is 19.1 Å². The van der Waals surface area contributed by atoms with Crippen LogP contribution >= 0.6 is 0 Å². The van der Waals surface area contributed by atoms with Crippen molar-refractivity contribution in [3.63, 3.8) is 0 Å². The fourth-order valence-corrected chi connectivity index (χ4v) is 4.24. The van der Waals surface area contributed by atoms with Gasteiger partial charge in [0, 0.05) is 18.8 Å². The van der Waals surface area contributed by atoms with Gasteiger partial charge in [-0.25, -0.2) is 4.79 Å². The van der Waals surface area contributed by atoms with E-state index in [-0.39, 0.29) is 11.8 Å². The molecule has 1 aliphatic heterocycles. The van der Waals surface area contributed by atoms with Crippen molar-refractivity contribution in [3.8, 4) is 0 Å². The summed E-state index contributed by atoms with van der Waals surface area (Å²) in [7, 11) is 0. The summed E-state index contributed by atoms with van der Waals surface area (Å²) in [5.41, 5.74) is -0.246. The maximum absolute atomic E-state index is 12.3. The van der Waals surface area contributed by atoms with Crippen LogP contribution in [0.4, 0.5) is 0 Å². The topological polar surface area (TPSA) is 93.1 Å². The Hall–Kier alpha value is -1.66. The van der Waals surface area contributed by atoms with Gasteiger partial charge in [0.25, 0.3) is 0 Å². The summed E-state index contributed by atoms with van der Waals surface area (Å²) in [4.78, 5) is 23.3. The highest BCUT2D eigenvalue weighted by molar-refractivity contribution is 5.83. The molecule has 6 atom stereocenters. The third-order valence-corrected chi connectivity index (χ3v) is 5.52. The predicted molar refractivity (Wildman–Crippen MR) is 80.1 cm³/mol. The van der Waals surface area contributed by atoms with E-state index < -0.39 is 42.3 Å². The number of fused-ring (bicyclic) bond motifs is 3. The molecule has 3 aliphatic rings. The number of carbonyl (C=O) groups excluding carboxylic acids is 2. The lowest BCUT2D eigenvalue weighted by Gasteiger charge is -2.29. The molecule has 6 nitrogen and oxygen atoms in total. The molecule has 6 unspecified atom stereocenters. The number of carbonyl (C=O) groups is 2. The van der Waals surface area contributed by atoms with Gasteiger partial charge >= 0.3 is 11.9 Å². The molecule has 0 aromatic heterocycles. The summed E-state index contributed by atoms with van der Waals surface area (Å²) in [5.74, 6) is -2.10. The molecule has 0 amide bonds. The van der Waals surface area contributed by atoms with Crippen LogP contribution in [0.15, 0.2) is 24.3 Å². The van der Waals surface area contributed by atoms with Gasteiger partial charge in [-0.1, -0.05) is 18.7 Å². The normalized spacial score (nSPS) is 42.7. The molecule has 0 aromatic rings. The van der Waals surface area contributed by atoms with Gasteiger partial charge in [-0.15, -0.1) is 0 Å². The molecule has 2 saturated carbocycles. The highest BCUT2D eigenvalue weighted by Gasteiger charge is 2.62. The molecule has 3 rings (SSSR count). The van der Waals surface area contributed by atoms with Crippen LogP contribution < -0.4 is 0 Å². The van der Waals surface area contributed by atoms with Crippen LogP contribution in [0.5, 0.6) is 0 Å². The zero-order chi connectivity index (χ0) is 16.9. The number of rotatable bonds is 2. The van der Waals surface area contributed by atoms with E-state index in [4.69, 9.17) is 9.47 Å². The van der Waals surface area contributed by atoms with Crippen LogP contribution in [-0.4, -0.2) is 46.6 Å². The van der Waals surface area contributed by atoms with Crippen LogP contribution in [0.1, 0.15) is 26.2 Å². The van der Waals surface area contributed by atoms with Crippen molar-refractivity contribution in [2.45, 2.75) is 44.0 Å². The molecule has 1 saturated heterocycles. The summed E-state index contributed by atoms with van der Waals surface area (Å²) < 4.78 is 10.4. The Balaban J connectivity index is 1.93. The Kier molecular flexibility index (Phi) is 3.84. The Bertz CT molecular complexity index is 582. The average Bonchev–Trinajstić information content (AvgIpc) is 2.85. The first-order chi connectivity index (χ1) is 10.8. The molecule has 0 spiro atoms. The first-order valence-electron chi connectivity index (χ1n) is 7.87. The van der Waals surface area contributed by atoms with Gasteiger partial charge in [0.1, 0.15) is 12.7 Å². The zero-order valence-electron chi connectivity index (χ0n) is 13.2. The summed E-state index contributed by atoms with van der Waals surface area (Å²) in [5, 5.41) is 20.9. The van der Waals surface area contributed by atoms with Crippen molar-refractivity contribution < 1.29 is 29.3 Å². The van der Waals surface area contributed by atoms with Crippen molar-refractivity contribution in [1.82, 2.24) is 0 Å². The number of aliphatic hydroxyl groups is 2. The van der Waals surface area contributed by atoms with Gasteiger partial charge in [-0.05, 0) is 30.8 Å². The Morgan fingerprint density at radius 3 is 2.83 bits per heavy atom. The quantitative estimate of drug-likeness (QED) is 0.575. The van der Waals surface area contributed by atoms with E-state index in [1.54, 1.807) is 0 Å².